The van der Waals surface area contributed by atoms with Crippen LogP contribution in [0.2, 0.25) is 0 Å². The van der Waals surface area contributed by atoms with E-state index in [9.17, 15) is 14.4 Å². The van der Waals surface area contributed by atoms with Crippen molar-refractivity contribution in [1.29, 1.82) is 0 Å². The molecule has 7 heteroatoms. The predicted octanol–water partition coefficient (Wildman–Crippen LogP) is 2.32. The minimum absolute atomic E-state index is 0. The van der Waals surface area contributed by atoms with Crippen molar-refractivity contribution in [2.75, 3.05) is 24.5 Å². The SMILES string of the molecule is Cc1cc(C)c(N2CC(C(=O)N3CCC(C(=O)O)C3)CC2=O)c(C)c1.Cl. The normalized spacial score (nSPS) is 22.5. The van der Waals surface area contributed by atoms with Gasteiger partial charge < -0.3 is 14.9 Å². The van der Waals surface area contributed by atoms with Crippen LogP contribution in [-0.4, -0.2) is 47.4 Å². The van der Waals surface area contributed by atoms with Crippen molar-refractivity contribution in [3.8, 4) is 0 Å². The Bertz CT molecular complexity index is 726. The zero-order valence-electron chi connectivity index (χ0n) is 15.3. The molecule has 1 aromatic rings. The number of aliphatic carboxylic acids is 1. The minimum Gasteiger partial charge on any atom is -0.481 e. The van der Waals surface area contributed by atoms with E-state index in [1.165, 1.54) is 0 Å². The van der Waals surface area contributed by atoms with E-state index in [0.717, 1.165) is 22.4 Å². The van der Waals surface area contributed by atoms with Gasteiger partial charge in [0, 0.05) is 31.7 Å². The van der Waals surface area contributed by atoms with Crippen molar-refractivity contribution < 1.29 is 19.5 Å². The molecule has 0 spiro atoms. The van der Waals surface area contributed by atoms with Crippen LogP contribution in [0.4, 0.5) is 5.69 Å². The summed E-state index contributed by atoms with van der Waals surface area (Å²) < 4.78 is 0. The molecule has 6 nitrogen and oxygen atoms in total. The maximum absolute atomic E-state index is 12.7. The number of benzene rings is 1. The van der Waals surface area contributed by atoms with Gasteiger partial charge in [0.05, 0.1) is 11.8 Å². The summed E-state index contributed by atoms with van der Waals surface area (Å²) in [5.41, 5.74) is 4.11. The average molecular weight is 381 g/mol. The van der Waals surface area contributed by atoms with Crippen molar-refractivity contribution >= 4 is 35.9 Å². The number of amides is 2. The van der Waals surface area contributed by atoms with Crippen molar-refractivity contribution in [3.63, 3.8) is 0 Å². The van der Waals surface area contributed by atoms with Crippen LogP contribution < -0.4 is 4.90 Å². The Kier molecular flexibility index (Phi) is 5.96. The second kappa shape index (κ2) is 7.66. The number of carbonyl (C=O) groups excluding carboxylic acids is 2. The number of hydrogen-bond acceptors (Lipinski definition) is 3. The van der Waals surface area contributed by atoms with Gasteiger partial charge in [0.25, 0.3) is 0 Å². The highest BCUT2D eigenvalue weighted by molar-refractivity contribution is 6.01. The smallest absolute Gasteiger partial charge is 0.308 e. The van der Waals surface area contributed by atoms with Crippen LogP contribution in [0.15, 0.2) is 12.1 Å². The standard InChI is InChI=1S/C19H24N2O4.ClH/c1-11-6-12(2)17(13(3)7-11)21-10-15(8-16(21)22)18(23)20-5-4-14(9-20)19(24)25;/h6-7,14-15H,4-5,8-10H2,1-3H3,(H,24,25);1H. The second-order valence-corrected chi connectivity index (χ2v) is 7.26. The Morgan fingerprint density at radius 1 is 1.08 bits per heavy atom. The van der Waals surface area contributed by atoms with E-state index in [0.29, 0.717) is 19.5 Å². The zero-order valence-corrected chi connectivity index (χ0v) is 16.1. The molecule has 2 aliphatic rings. The summed E-state index contributed by atoms with van der Waals surface area (Å²) in [6.45, 7) is 7.07. The fraction of sp³-hybridized carbons (Fsp3) is 0.526. The number of aryl methyl sites for hydroxylation is 3. The topological polar surface area (TPSA) is 77.9 Å². The number of carboxylic acids is 1. The number of nitrogens with zero attached hydrogens (tertiary/aromatic N) is 2. The third-order valence-corrected chi connectivity index (χ3v) is 5.23. The predicted molar refractivity (Wildman–Crippen MR) is 101 cm³/mol. The van der Waals surface area contributed by atoms with Crippen LogP contribution in [0.1, 0.15) is 29.5 Å². The number of hydrogen-bond donors (Lipinski definition) is 1. The molecular formula is C19H25ClN2O4. The van der Waals surface area contributed by atoms with Gasteiger partial charge in [-0.05, 0) is 38.3 Å². The number of halogens is 1. The van der Waals surface area contributed by atoms with Gasteiger partial charge in [0.15, 0.2) is 0 Å². The lowest BCUT2D eigenvalue weighted by molar-refractivity contribution is -0.141. The van der Waals surface area contributed by atoms with E-state index < -0.39 is 11.9 Å². The Morgan fingerprint density at radius 2 is 1.69 bits per heavy atom. The first kappa shape index (κ1) is 20.2. The summed E-state index contributed by atoms with van der Waals surface area (Å²) in [4.78, 5) is 39.7. The first-order valence-corrected chi connectivity index (χ1v) is 8.67. The first-order chi connectivity index (χ1) is 11.8. The highest BCUT2D eigenvalue weighted by atomic mass is 35.5. The molecule has 0 aromatic heterocycles. The number of carbonyl (C=O) groups is 3. The molecule has 1 aromatic carbocycles. The molecule has 2 atom stereocenters. The van der Waals surface area contributed by atoms with Gasteiger partial charge in [-0.1, -0.05) is 17.7 Å². The van der Waals surface area contributed by atoms with Crippen molar-refractivity contribution in [2.24, 2.45) is 11.8 Å². The van der Waals surface area contributed by atoms with Gasteiger partial charge in [0.1, 0.15) is 0 Å². The molecule has 2 fully saturated rings. The number of likely N-dealkylation sites (tertiary alicyclic amines) is 1. The van der Waals surface area contributed by atoms with E-state index in [2.05, 4.69) is 0 Å². The molecule has 142 valence electrons. The van der Waals surface area contributed by atoms with Crippen LogP contribution in [0.3, 0.4) is 0 Å². The molecule has 2 heterocycles. The van der Waals surface area contributed by atoms with Crippen LogP contribution >= 0.6 is 12.4 Å². The lowest BCUT2D eigenvalue weighted by Crippen LogP contribution is -2.36. The monoisotopic (exact) mass is 380 g/mol. The molecule has 2 unspecified atom stereocenters. The molecule has 0 radical (unpaired) electrons. The van der Waals surface area contributed by atoms with Crippen LogP contribution in [0.5, 0.6) is 0 Å². The van der Waals surface area contributed by atoms with E-state index in [1.54, 1.807) is 9.80 Å². The summed E-state index contributed by atoms with van der Waals surface area (Å²) in [6.07, 6.45) is 0.682. The van der Waals surface area contributed by atoms with Gasteiger partial charge in [0.2, 0.25) is 11.8 Å². The molecule has 0 aliphatic carbocycles. The molecule has 26 heavy (non-hydrogen) atoms. The number of rotatable bonds is 3. The van der Waals surface area contributed by atoms with Crippen LogP contribution in [0, 0.1) is 32.6 Å². The largest absolute Gasteiger partial charge is 0.481 e. The van der Waals surface area contributed by atoms with E-state index in [4.69, 9.17) is 5.11 Å². The maximum atomic E-state index is 12.7. The van der Waals surface area contributed by atoms with Crippen LogP contribution in [0.25, 0.3) is 0 Å². The second-order valence-electron chi connectivity index (χ2n) is 7.26. The quantitative estimate of drug-likeness (QED) is 0.872. The first-order valence-electron chi connectivity index (χ1n) is 8.67. The van der Waals surface area contributed by atoms with Crippen molar-refractivity contribution in [1.82, 2.24) is 4.90 Å². The maximum Gasteiger partial charge on any atom is 0.308 e. The summed E-state index contributed by atoms with van der Waals surface area (Å²) >= 11 is 0. The zero-order chi connectivity index (χ0) is 18.3. The molecule has 2 saturated heterocycles. The molecule has 0 bridgehead atoms. The molecule has 0 saturated carbocycles. The van der Waals surface area contributed by atoms with E-state index >= 15 is 0 Å². The Hall–Kier alpha value is -2.08. The van der Waals surface area contributed by atoms with Gasteiger partial charge in [-0.25, -0.2) is 0 Å². The highest BCUT2D eigenvalue weighted by Crippen LogP contribution is 2.33. The number of anilines is 1. The minimum atomic E-state index is -0.856. The Morgan fingerprint density at radius 3 is 2.23 bits per heavy atom. The summed E-state index contributed by atoms with van der Waals surface area (Å²) in [7, 11) is 0. The Balaban J connectivity index is 0.00000243. The lowest BCUT2D eigenvalue weighted by Gasteiger charge is -2.23. The van der Waals surface area contributed by atoms with E-state index in [-0.39, 0.29) is 43.1 Å². The van der Waals surface area contributed by atoms with E-state index in [1.807, 2.05) is 32.9 Å². The van der Waals surface area contributed by atoms with Crippen molar-refractivity contribution in [2.45, 2.75) is 33.6 Å². The van der Waals surface area contributed by atoms with Crippen molar-refractivity contribution in [3.05, 3.63) is 28.8 Å². The molecular weight excluding hydrogens is 356 g/mol. The fourth-order valence-electron chi connectivity index (χ4n) is 4.11. The highest BCUT2D eigenvalue weighted by Gasteiger charge is 2.40. The fourth-order valence-corrected chi connectivity index (χ4v) is 4.11. The molecule has 3 rings (SSSR count). The summed E-state index contributed by atoms with van der Waals surface area (Å²) in [5.74, 6) is -1.87. The lowest BCUT2D eigenvalue weighted by atomic mass is 10.0. The summed E-state index contributed by atoms with van der Waals surface area (Å²) in [5, 5.41) is 9.09. The Labute approximate surface area is 159 Å². The molecule has 1 N–H and O–H groups in total. The van der Waals surface area contributed by atoms with Gasteiger partial charge in [-0.15, -0.1) is 12.4 Å². The van der Waals surface area contributed by atoms with Gasteiger partial charge in [-0.2, -0.15) is 0 Å². The third kappa shape index (κ3) is 3.70. The van der Waals surface area contributed by atoms with Crippen LogP contribution in [-0.2, 0) is 14.4 Å². The van der Waals surface area contributed by atoms with Gasteiger partial charge >= 0.3 is 5.97 Å². The average Bonchev–Trinajstić information content (AvgIpc) is 3.13. The third-order valence-electron chi connectivity index (χ3n) is 5.23. The van der Waals surface area contributed by atoms with Gasteiger partial charge in [-0.3, -0.25) is 14.4 Å². The molecule has 2 amide bonds. The summed E-state index contributed by atoms with van der Waals surface area (Å²) in [6, 6.07) is 4.09. The number of carboxylic acid groups (broad SMARTS) is 1. The molecule has 2 aliphatic heterocycles.